The van der Waals surface area contributed by atoms with Gasteiger partial charge in [-0.05, 0) is 30.2 Å². The van der Waals surface area contributed by atoms with Crippen LogP contribution in [0.2, 0.25) is 0 Å². The number of aryl methyl sites for hydroxylation is 1. The van der Waals surface area contributed by atoms with Crippen LogP contribution in [0, 0.1) is 10.1 Å². The van der Waals surface area contributed by atoms with Gasteiger partial charge in [0, 0.05) is 29.3 Å². The molecule has 28 heavy (non-hydrogen) atoms. The highest BCUT2D eigenvalue weighted by molar-refractivity contribution is 7.99. The van der Waals surface area contributed by atoms with Gasteiger partial charge in [0.1, 0.15) is 0 Å². The summed E-state index contributed by atoms with van der Waals surface area (Å²) in [6.45, 7) is 2.72. The van der Waals surface area contributed by atoms with E-state index in [0.29, 0.717) is 16.9 Å². The Labute approximate surface area is 174 Å². The zero-order valence-electron chi connectivity index (χ0n) is 15.5. The van der Waals surface area contributed by atoms with Crippen molar-refractivity contribution in [3.8, 4) is 0 Å². The molecule has 0 saturated carbocycles. The average Bonchev–Trinajstić information content (AvgIpc) is 3.03. The van der Waals surface area contributed by atoms with Crippen molar-refractivity contribution in [1.29, 1.82) is 0 Å². The molecule has 9 heteroatoms. The number of hydrogen-bond donors (Lipinski definition) is 0. The fourth-order valence-electron chi connectivity index (χ4n) is 2.73. The highest BCUT2D eigenvalue weighted by Gasteiger charge is 2.14. The van der Waals surface area contributed by atoms with E-state index >= 15 is 0 Å². The number of non-ortho nitro benzene ring substituents is 1. The summed E-state index contributed by atoms with van der Waals surface area (Å²) in [4.78, 5) is 29.4. The quantitative estimate of drug-likeness (QED) is 0.303. The van der Waals surface area contributed by atoms with Crippen molar-refractivity contribution in [2.24, 2.45) is 4.99 Å². The van der Waals surface area contributed by atoms with Gasteiger partial charge in [-0.25, -0.2) is 0 Å². The first kappa shape index (κ1) is 20.6. The minimum absolute atomic E-state index is 0.0355. The van der Waals surface area contributed by atoms with Gasteiger partial charge in [0.15, 0.2) is 4.80 Å². The molecule has 1 amide bonds. The molecule has 0 N–H and O–H groups in total. The van der Waals surface area contributed by atoms with Crippen LogP contribution in [0.4, 0.5) is 5.69 Å². The highest BCUT2D eigenvalue weighted by atomic mass is 32.2. The maximum Gasteiger partial charge on any atom is 0.280 e. The van der Waals surface area contributed by atoms with Crippen LogP contribution < -0.4 is 4.80 Å². The number of nitro benzene ring substituents is 1. The van der Waals surface area contributed by atoms with E-state index in [0.717, 1.165) is 26.6 Å². The van der Waals surface area contributed by atoms with Crippen LogP contribution in [0.1, 0.15) is 17.3 Å². The molecule has 0 fully saturated rings. The maximum absolute atomic E-state index is 12.9. The molecule has 0 saturated heterocycles. The first-order chi connectivity index (χ1) is 13.5. The highest BCUT2D eigenvalue weighted by Crippen LogP contribution is 2.25. The number of carbonyl (C=O) groups excluding carboxylic acids is 1. The number of thiazole rings is 1. The molecule has 146 valence electrons. The van der Waals surface area contributed by atoms with E-state index in [1.165, 1.54) is 17.4 Å². The number of carbonyl (C=O) groups is 1. The number of rotatable bonds is 7. The summed E-state index contributed by atoms with van der Waals surface area (Å²) >= 11 is 4.60. The molecule has 6 nitrogen and oxygen atoms in total. The molecule has 0 unspecified atom stereocenters. The van der Waals surface area contributed by atoms with Gasteiger partial charge >= 0.3 is 0 Å². The lowest BCUT2D eigenvalue weighted by Crippen LogP contribution is -2.18. The Balaban J connectivity index is 2.12. The fraction of sp³-hybridized carbons (Fsp3) is 0.263. The van der Waals surface area contributed by atoms with E-state index < -0.39 is 4.92 Å². The van der Waals surface area contributed by atoms with Crippen LogP contribution in [0.3, 0.4) is 0 Å². The molecule has 0 atom stereocenters. The Morgan fingerprint density at radius 1 is 1.29 bits per heavy atom. The zero-order valence-corrected chi connectivity index (χ0v) is 17.9. The molecule has 3 rings (SSSR count). The molecule has 3 aromatic rings. The number of nitro groups is 1. The largest absolute Gasteiger partial charge is 0.315 e. The predicted octanol–water partition coefficient (Wildman–Crippen LogP) is 4.83. The van der Waals surface area contributed by atoms with Gasteiger partial charge in [0.25, 0.3) is 11.6 Å². The van der Waals surface area contributed by atoms with Crippen molar-refractivity contribution in [2.75, 3.05) is 17.8 Å². The second kappa shape index (κ2) is 9.40. The molecule has 1 heterocycles. The van der Waals surface area contributed by atoms with Gasteiger partial charge in [0.2, 0.25) is 0 Å². The minimum Gasteiger partial charge on any atom is -0.315 e. The molecule has 1 aromatic heterocycles. The van der Waals surface area contributed by atoms with E-state index in [-0.39, 0.29) is 11.6 Å². The standard InChI is InChI=1S/C19H19N3O3S3/c1-3-27-16-7-5-4-6-14(16)18(23)20-19-21(10-11-26-2)15-9-8-13(22(24)25)12-17(15)28-19/h4-9,12H,3,10-11H2,1-2H3. The van der Waals surface area contributed by atoms with Crippen LogP contribution in [0.5, 0.6) is 0 Å². The molecule has 0 aliphatic rings. The van der Waals surface area contributed by atoms with Crippen LogP contribution in [0.15, 0.2) is 52.4 Å². The molecule has 2 aromatic carbocycles. The lowest BCUT2D eigenvalue weighted by molar-refractivity contribution is -0.384. The number of amides is 1. The number of fused-ring (bicyclic) bond motifs is 1. The normalized spacial score (nSPS) is 11.9. The summed E-state index contributed by atoms with van der Waals surface area (Å²) in [6.07, 6.45) is 2.01. The first-order valence-corrected chi connectivity index (χ1v) is 11.8. The second-order valence-electron chi connectivity index (χ2n) is 5.78. The number of hydrogen-bond acceptors (Lipinski definition) is 6. The topological polar surface area (TPSA) is 77.5 Å². The van der Waals surface area contributed by atoms with Crippen LogP contribution in [-0.4, -0.2) is 33.2 Å². The SMILES string of the molecule is CCSc1ccccc1C(=O)N=c1sc2cc([N+](=O)[O-])ccc2n1CCSC. The van der Waals surface area contributed by atoms with E-state index in [9.17, 15) is 14.9 Å². The van der Waals surface area contributed by atoms with Gasteiger partial charge in [-0.1, -0.05) is 30.4 Å². The van der Waals surface area contributed by atoms with Crippen molar-refractivity contribution in [3.05, 3.63) is 62.9 Å². The summed E-state index contributed by atoms with van der Waals surface area (Å²) in [5.41, 5.74) is 1.47. The Kier molecular flexibility index (Phi) is 6.93. The molecule has 0 radical (unpaired) electrons. The van der Waals surface area contributed by atoms with Gasteiger partial charge < -0.3 is 4.57 Å². The van der Waals surface area contributed by atoms with Crippen LogP contribution in [-0.2, 0) is 6.54 Å². The lowest BCUT2D eigenvalue weighted by Gasteiger charge is -2.05. The van der Waals surface area contributed by atoms with Crippen molar-refractivity contribution in [1.82, 2.24) is 4.57 Å². The van der Waals surface area contributed by atoms with Crippen molar-refractivity contribution in [3.63, 3.8) is 0 Å². The first-order valence-electron chi connectivity index (χ1n) is 8.62. The number of aromatic nitrogens is 1. The average molecular weight is 434 g/mol. The summed E-state index contributed by atoms with van der Waals surface area (Å²) in [5.74, 6) is 1.42. The van der Waals surface area contributed by atoms with E-state index in [2.05, 4.69) is 4.99 Å². The smallest absolute Gasteiger partial charge is 0.280 e. The number of benzene rings is 2. The van der Waals surface area contributed by atoms with Gasteiger partial charge in [0.05, 0.1) is 20.7 Å². The molecule has 0 aliphatic carbocycles. The molecular weight excluding hydrogens is 414 g/mol. The summed E-state index contributed by atoms with van der Waals surface area (Å²) in [7, 11) is 0. The summed E-state index contributed by atoms with van der Waals surface area (Å²) in [6, 6.07) is 12.2. The maximum atomic E-state index is 12.9. The van der Waals surface area contributed by atoms with Crippen LogP contribution in [0.25, 0.3) is 10.2 Å². The van der Waals surface area contributed by atoms with E-state index in [1.807, 2.05) is 35.9 Å². The Morgan fingerprint density at radius 3 is 2.79 bits per heavy atom. The van der Waals surface area contributed by atoms with Gasteiger partial charge in [-0.3, -0.25) is 14.9 Å². The fourth-order valence-corrected chi connectivity index (χ4v) is 4.98. The monoisotopic (exact) mass is 433 g/mol. The van der Waals surface area contributed by atoms with Gasteiger partial charge in [-0.15, -0.1) is 11.8 Å². The summed E-state index contributed by atoms with van der Waals surface area (Å²) in [5, 5.41) is 11.1. The molecule has 0 spiro atoms. The number of thioether (sulfide) groups is 2. The third-order valence-electron chi connectivity index (χ3n) is 4.01. The Hall–Kier alpha value is -2.10. The van der Waals surface area contributed by atoms with E-state index in [4.69, 9.17) is 0 Å². The van der Waals surface area contributed by atoms with Crippen molar-refractivity contribution in [2.45, 2.75) is 18.4 Å². The van der Waals surface area contributed by atoms with Gasteiger partial charge in [-0.2, -0.15) is 16.8 Å². The second-order valence-corrected chi connectivity index (χ2v) is 9.08. The Bertz CT molecular complexity index is 1090. The number of nitrogens with zero attached hydrogens (tertiary/aromatic N) is 3. The lowest BCUT2D eigenvalue weighted by atomic mass is 10.2. The molecule has 0 aliphatic heterocycles. The third-order valence-corrected chi connectivity index (χ3v) is 6.60. The minimum atomic E-state index is -0.411. The van der Waals surface area contributed by atoms with Crippen molar-refractivity contribution < 1.29 is 9.72 Å². The third kappa shape index (κ3) is 4.48. The van der Waals surface area contributed by atoms with E-state index in [1.54, 1.807) is 41.7 Å². The zero-order chi connectivity index (χ0) is 20.1. The Morgan fingerprint density at radius 2 is 2.07 bits per heavy atom. The molecular formula is C19H19N3O3S3. The summed E-state index contributed by atoms with van der Waals surface area (Å²) < 4.78 is 2.71. The van der Waals surface area contributed by atoms with Crippen molar-refractivity contribution >= 4 is 56.7 Å². The van der Waals surface area contributed by atoms with Crippen LogP contribution >= 0.6 is 34.9 Å². The molecule has 0 bridgehead atoms. The predicted molar refractivity (Wildman–Crippen MR) is 118 cm³/mol.